The van der Waals surface area contributed by atoms with Crippen LogP contribution in [0.3, 0.4) is 0 Å². The number of carbonyl (C=O) groups is 1. The molecule has 0 spiro atoms. The van der Waals surface area contributed by atoms with E-state index >= 15 is 0 Å². The molecule has 1 aromatic rings. The van der Waals surface area contributed by atoms with Crippen molar-refractivity contribution in [1.29, 1.82) is 0 Å². The fraction of sp³-hybridized carbons (Fsp3) is 0.588. The Bertz CT molecular complexity index is 464. The summed E-state index contributed by atoms with van der Waals surface area (Å²) in [5.74, 6) is 0.232. The van der Waals surface area contributed by atoms with Gasteiger partial charge in [0.15, 0.2) is 0 Å². The van der Waals surface area contributed by atoms with Crippen molar-refractivity contribution in [3.63, 3.8) is 0 Å². The van der Waals surface area contributed by atoms with Gasteiger partial charge in [0.2, 0.25) is 0 Å². The minimum atomic E-state index is -0.931. The molecule has 1 aliphatic rings. The van der Waals surface area contributed by atoms with Crippen molar-refractivity contribution >= 4 is 5.91 Å². The molecule has 3 nitrogen and oxygen atoms in total. The van der Waals surface area contributed by atoms with Gasteiger partial charge in [0.1, 0.15) is 6.10 Å². The van der Waals surface area contributed by atoms with Crippen LogP contribution in [-0.4, -0.2) is 34.6 Å². The first-order valence-electron chi connectivity index (χ1n) is 7.36. The number of hydrogen-bond acceptors (Lipinski definition) is 2. The third-order valence-electron chi connectivity index (χ3n) is 4.32. The Morgan fingerprint density at radius 2 is 1.90 bits per heavy atom. The molecule has 1 heterocycles. The predicted octanol–water partition coefficient (Wildman–Crippen LogP) is 2.80. The highest BCUT2D eigenvalue weighted by molar-refractivity contribution is 5.82. The summed E-state index contributed by atoms with van der Waals surface area (Å²) in [7, 11) is 0. The Morgan fingerprint density at radius 3 is 2.45 bits per heavy atom. The van der Waals surface area contributed by atoms with Crippen molar-refractivity contribution in [2.24, 2.45) is 5.41 Å². The molecular weight excluding hydrogens is 250 g/mol. The fourth-order valence-corrected chi connectivity index (χ4v) is 2.92. The SMILES string of the molecule is CC1C(c2ccccc2)CCN1C(=O)[C@@H](O)C(C)(C)C. The number of aliphatic hydroxyl groups excluding tert-OH is 1. The van der Waals surface area contributed by atoms with Gasteiger partial charge >= 0.3 is 0 Å². The van der Waals surface area contributed by atoms with Gasteiger partial charge < -0.3 is 10.0 Å². The summed E-state index contributed by atoms with van der Waals surface area (Å²) in [5.41, 5.74) is 0.863. The topological polar surface area (TPSA) is 40.5 Å². The Labute approximate surface area is 121 Å². The standard InChI is InChI=1S/C17H25NO2/c1-12-14(13-8-6-5-7-9-13)10-11-18(12)16(20)15(19)17(2,3)4/h5-9,12,14-15,19H,10-11H2,1-4H3/t12?,14?,15-/m1/s1. The number of aliphatic hydroxyl groups is 1. The number of hydrogen-bond donors (Lipinski definition) is 1. The number of amides is 1. The monoisotopic (exact) mass is 275 g/mol. The minimum Gasteiger partial charge on any atom is -0.383 e. The summed E-state index contributed by atoms with van der Waals surface area (Å²) in [6, 6.07) is 10.5. The lowest BCUT2D eigenvalue weighted by Crippen LogP contribution is -2.47. The fourth-order valence-electron chi connectivity index (χ4n) is 2.92. The zero-order chi connectivity index (χ0) is 14.9. The van der Waals surface area contributed by atoms with Gasteiger partial charge in [-0.1, -0.05) is 51.1 Å². The third kappa shape index (κ3) is 2.88. The smallest absolute Gasteiger partial charge is 0.252 e. The summed E-state index contributed by atoms with van der Waals surface area (Å²) in [6.07, 6.45) is 0.0350. The van der Waals surface area contributed by atoms with E-state index in [4.69, 9.17) is 0 Å². The van der Waals surface area contributed by atoms with E-state index in [1.807, 2.05) is 43.9 Å². The van der Waals surface area contributed by atoms with E-state index in [1.54, 1.807) is 0 Å². The Balaban J connectivity index is 2.12. The molecule has 110 valence electrons. The lowest BCUT2D eigenvalue weighted by Gasteiger charge is -2.32. The molecule has 2 unspecified atom stereocenters. The molecule has 20 heavy (non-hydrogen) atoms. The van der Waals surface area contributed by atoms with Gasteiger partial charge in [0.05, 0.1) is 0 Å². The minimum absolute atomic E-state index is 0.136. The summed E-state index contributed by atoms with van der Waals surface area (Å²) in [5, 5.41) is 10.2. The first kappa shape index (κ1) is 15.0. The highest BCUT2D eigenvalue weighted by Gasteiger charge is 2.40. The second-order valence-corrected chi connectivity index (χ2v) is 6.85. The molecule has 0 saturated carbocycles. The molecule has 1 aromatic carbocycles. The van der Waals surface area contributed by atoms with E-state index in [0.29, 0.717) is 5.92 Å². The summed E-state index contributed by atoms with van der Waals surface area (Å²) in [4.78, 5) is 14.3. The van der Waals surface area contributed by atoms with Crippen LogP contribution in [0.15, 0.2) is 30.3 Å². The zero-order valence-corrected chi connectivity index (χ0v) is 12.8. The van der Waals surface area contributed by atoms with Gasteiger partial charge in [-0.25, -0.2) is 0 Å². The molecule has 0 aromatic heterocycles. The number of carbonyl (C=O) groups excluding carboxylic acids is 1. The van der Waals surface area contributed by atoms with Crippen LogP contribution in [0.1, 0.15) is 45.6 Å². The number of nitrogens with zero attached hydrogens (tertiary/aromatic N) is 1. The van der Waals surface area contributed by atoms with Gasteiger partial charge in [-0.2, -0.15) is 0 Å². The highest BCUT2D eigenvalue weighted by atomic mass is 16.3. The van der Waals surface area contributed by atoms with Crippen molar-refractivity contribution < 1.29 is 9.90 Å². The lowest BCUT2D eigenvalue weighted by molar-refractivity contribution is -0.146. The maximum atomic E-state index is 12.5. The Morgan fingerprint density at radius 1 is 1.30 bits per heavy atom. The third-order valence-corrected chi connectivity index (χ3v) is 4.32. The average molecular weight is 275 g/mol. The maximum Gasteiger partial charge on any atom is 0.252 e. The number of rotatable bonds is 2. The van der Waals surface area contributed by atoms with E-state index in [2.05, 4.69) is 19.1 Å². The van der Waals surface area contributed by atoms with E-state index in [9.17, 15) is 9.90 Å². The van der Waals surface area contributed by atoms with Gasteiger partial charge in [-0.15, -0.1) is 0 Å². The molecule has 0 radical (unpaired) electrons. The highest BCUT2D eigenvalue weighted by Crippen LogP contribution is 2.34. The van der Waals surface area contributed by atoms with Crippen LogP contribution in [0, 0.1) is 5.41 Å². The molecule has 1 aliphatic heterocycles. The number of benzene rings is 1. The average Bonchev–Trinajstić information content (AvgIpc) is 2.79. The van der Waals surface area contributed by atoms with Crippen LogP contribution in [0.4, 0.5) is 0 Å². The normalized spacial score (nSPS) is 24.8. The molecule has 3 atom stereocenters. The Kier molecular flexibility index (Phi) is 4.19. The van der Waals surface area contributed by atoms with E-state index in [1.165, 1.54) is 5.56 Å². The van der Waals surface area contributed by atoms with E-state index in [-0.39, 0.29) is 11.9 Å². The van der Waals surface area contributed by atoms with Crippen molar-refractivity contribution in [3.8, 4) is 0 Å². The Hall–Kier alpha value is -1.35. The first-order chi connectivity index (χ1) is 9.32. The van der Waals surface area contributed by atoms with Crippen molar-refractivity contribution in [2.75, 3.05) is 6.54 Å². The lowest BCUT2D eigenvalue weighted by atomic mass is 9.88. The number of likely N-dealkylation sites (tertiary alicyclic amines) is 1. The molecule has 1 fully saturated rings. The quantitative estimate of drug-likeness (QED) is 0.901. The largest absolute Gasteiger partial charge is 0.383 e. The summed E-state index contributed by atoms with van der Waals surface area (Å²) < 4.78 is 0. The second-order valence-electron chi connectivity index (χ2n) is 6.85. The van der Waals surface area contributed by atoms with Crippen molar-refractivity contribution in [2.45, 2.75) is 52.2 Å². The van der Waals surface area contributed by atoms with Gasteiger partial charge in [-0.05, 0) is 24.3 Å². The van der Waals surface area contributed by atoms with Crippen LogP contribution >= 0.6 is 0 Å². The van der Waals surface area contributed by atoms with Gasteiger partial charge in [0, 0.05) is 18.5 Å². The zero-order valence-electron chi connectivity index (χ0n) is 12.8. The molecule has 3 heteroatoms. The van der Waals surface area contributed by atoms with E-state index in [0.717, 1.165) is 13.0 Å². The predicted molar refractivity (Wildman–Crippen MR) is 80.4 cm³/mol. The summed E-state index contributed by atoms with van der Waals surface area (Å²) in [6.45, 7) is 8.49. The molecule has 1 amide bonds. The van der Waals surface area contributed by atoms with Crippen LogP contribution in [-0.2, 0) is 4.79 Å². The van der Waals surface area contributed by atoms with Crippen molar-refractivity contribution in [1.82, 2.24) is 4.90 Å². The summed E-state index contributed by atoms with van der Waals surface area (Å²) >= 11 is 0. The van der Waals surface area contributed by atoms with Crippen LogP contribution in [0.2, 0.25) is 0 Å². The molecule has 1 N–H and O–H groups in total. The molecule has 0 aliphatic carbocycles. The van der Waals surface area contributed by atoms with Crippen LogP contribution in [0.5, 0.6) is 0 Å². The molecule has 0 bridgehead atoms. The van der Waals surface area contributed by atoms with E-state index < -0.39 is 11.5 Å². The molecule has 1 saturated heterocycles. The van der Waals surface area contributed by atoms with Crippen LogP contribution in [0.25, 0.3) is 0 Å². The molecular formula is C17H25NO2. The first-order valence-corrected chi connectivity index (χ1v) is 7.36. The van der Waals surface area contributed by atoms with Gasteiger partial charge in [-0.3, -0.25) is 4.79 Å². The molecule has 2 rings (SSSR count). The maximum absolute atomic E-state index is 12.5. The van der Waals surface area contributed by atoms with Gasteiger partial charge in [0.25, 0.3) is 5.91 Å². The van der Waals surface area contributed by atoms with Crippen molar-refractivity contribution in [3.05, 3.63) is 35.9 Å². The van der Waals surface area contributed by atoms with Crippen LogP contribution < -0.4 is 0 Å². The second kappa shape index (κ2) is 5.57.